The number of benzene rings is 2. The maximum Gasteiger partial charge on any atom is 0.333 e. The molecule has 3 aromatic rings. The van der Waals surface area contributed by atoms with Gasteiger partial charge in [-0.05, 0) is 36.4 Å². The van der Waals surface area contributed by atoms with Crippen molar-refractivity contribution in [2.75, 3.05) is 13.2 Å². The van der Waals surface area contributed by atoms with Crippen LogP contribution in [0.3, 0.4) is 0 Å². The predicted octanol–water partition coefficient (Wildman–Crippen LogP) is 1.85. The number of ether oxygens (including phenoxy) is 2. The number of nitrogens with one attached hydrogen (secondary N) is 1. The molecule has 0 spiro atoms. The van der Waals surface area contributed by atoms with Crippen molar-refractivity contribution in [1.29, 1.82) is 0 Å². The normalized spacial score (nSPS) is 17.2. The minimum Gasteiger partial charge on any atom is -0.488 e. The summed E-state index contributed by atoms with van der Waals surface area (Å²) in [5.41, 5.74) is 0.232. The Hall–Kier alpha value is -2.86. The molecular weight excluding hydrogens is 308 g/mol. The molecule has 1 atom stereocenters. The molecule has 2 aromatic carbocycles. The Morgan fingerprint density at radius 3 is 2.62 bits per heavy atom. The molecule has 1 N–H and O–H groups in total. The lowest BCUT2D eigenvalue weighted by Gasteiger charge is -2.12. The van der Waals surface area contributed by atoms with Crippen LogP contribution in [0, 0.1) is 0 Å². The van der Waals surface area contributed by atoms with E-state index in [4.69, 9.17) is 9.47 Å². The second-order valence-corrected chi connectivity index (χ2v) is 5.71. The molecule has 2 heterocycles. The number of hydrogen-bond donors (Lipinski definition) is 1. The highest BCUT2D eigenvalue weighted by atomic mass is 16.5. The lowest BCUT2D eigenvalue weighted by atomic mass is 10.2. The Labute approximate surface area is 137 Å². The van der Waals surface area contributed by atoms with Crippen LogP contribution >= 0.6 is 0 Å². The molecule has 1 aliphatic heterocycles. The van der Waals surface area contributed by atoms with E-state index in [-0.39, 0.29) is 11.7 Å². The first-order valence-electron chi connectivity index (χ1n) is 7.81. The van der Waals surface area contributed by atoms with Gasteiger partial charge in [0.25, 0.3) is 5.56 Å². The van der Waals surface area contributed by atoms with Gasteiger partial charge in [0.15, 0.2) is 0 Å². The van der Waals surface area contributed by atoms with Crippen LogP contribution < -0.4 is 16.0 Å². The maximum atomic E-state index is 12.6. The highest BCUT2D eigenvalue weighted by Gasteiger charge is 2.17. The number of para-hydroxylation sites is 1. The van der Waals surface area contributed by atoms with Crippen molar-refractivity contribution in [3.05, 3.63) is 69.4 Å². The Bertz CT molecular complexity index is 982. The molecule has 24 heavy (non-hydrogen) atoms. The summed E-state index contributed by atoms with van der Waals surface area (Å²) in [5.74, 6) is 0.694. The SMILES string of the molecule is O=c1[nH]c2ccccc2c(=O)n1-c1ccc(OC2CCOC2)cc1. The number of H-pyrrole nitrogens is 1. The van der Waals surface area contributed by atoms with E-state index in [0.717, 1.165) is 11.0 Å². The molecule has 0 amide bonds. The second kappa shape index (κ2) is 5.98. The summed E-state index contributed by atoms with van der Waals surface area (Å²) in [6.07, 6.45) is 0.925. The average Bonchev–Trinajstić information content (AvgIpc) is 3.09. The molecule has 6 nitrogen and oxygen atoms in total. The van der Waals surface area contributed by atoms with Crippen molar-refractivity contribution in [2.45, 2.75) is 12.5 Å². The van der Waals surface area contributed by atoms with Crippen molar-refractivity contribution < 1.29 is 9.47 Å². The smallest absolute Gasteiger partial charge is 0.333 e. The maximum absolute atomic E-state index is 12.6. The standard InChI is InChI=1S/C18H16N2O4/c21-17-15-3-1-2-4-16(15)19-18(22)20(17)12-5-7-13(8-6-12)24-14-9-10-23-11-14/h1-8,14H,9-11H2,(H,19,22). The van der Waals surface area contributed by atoms with Crippen LogP contribution in [0.15, 0.2) is 58.1 Å². The van der Waals surface area contributed by atoms with Crippen LogP contribution in [0.25, 0.3) is 16.6 Å². The summed E-state index contributed by atoms with van der Waals surface area (Å²) >= 11 is 0. The van der Waals surface area contributed by atoms with E-state index in [2.05, 4.69) is 4.98 Å². The molecule has 4 rings (SSSR count). The van der Waals surface area contributed by atoms with Gasteiger partial charge in [-0.15, -0.1) is 0 Å². The zero-order chi connectivity index (χ0) is 16.5. The Kier molecular flexibility index (Phi) is 3.66. The minimum absolute atomic E-state index is 0.0580. The summed E-state index contributed by atoms with van der Waals surface area (Å²) in [4.78, 5) is 27.6. The molecule has 1 fully saturated rings. The monoisotopic (exact) mass is 324 g/mol. The van der Waals surface area contributed by atoms with Crippen LogP contribution in [0.2, 0.25) is 0 Å². The van der Waals surface area contributed by atoms with E-state index in [1.54, 1.807) is 48.5 Å². The van der Waals surface area contributed by atoms with Crippen LogP contribution in [-0.4, -0.2) is 28.9 Å². The van der Waals surface area contributed by atoms with E-state index in [1.807, 2.05) is 0 Å². The average molecular weight is 324 g/mol. The zero-order valence-electron chi connectivity index (χ0n) is 12.9. The van der Waals surface area contributed by atoms with Gasteiger partial charge in [0.05, 0.1) is 29.8 Å². The van der Waals surface area contributed by atoms with Gasteiger partial charge in [0.2, 0.25) is 0 Å². The van der Waals surface area contributed by atoms with Crippen molar-refractivity contribution >= 4 is 10.9 Å². The first kappa shape index (κ1) is 14.7. The van der Waals surface area contributed by atoms with E-state index in [0.29, 0.717) is 35.6 Å². The molecule has 0 radical (unpaired) electrons. The van der Waals surface area contributed by atoms with Gasteiger partial charge < -0.3 is 14.5 Å². The van der Waals surface area contributed by atoms with Crippen molar-refractivity contribution in [2.24, 2.45) is 0 Å². The van der Waals surface area contributed by atoms with Crippen LogP contribution in [0.4, 0.5) is 0 Å². The van der Waals surface area contributed by atoms with Crippen molar-refractivity contribution in [1.82, 2.24) is 9.55 Å². The summed E-state index contributed by atoms with van der Waals surface area (Å²) in [6.45, 7) is 1.30. The number of aromatic nitrogens is 2. The van der Waals surface area contributed by atoms with Gasteiger partial charge in [-0.1, -0.05) is 12.1 Å². The highest BCUT2D eigenvalue weighted by Crippen LogP contribution is 2.18. The first-order valence-corrected chi connectivity index (χ1v) is 7.81. The molecule has 0 saturated carbocycles. The van der Waals surface area contributed by atoms with Crippen LogP contribution in [-0.2, 0) is 4.74 Å². The van der Waals surface area contributed by atoms with Gasteiger partial charge in [0.1, 0.15) is 11.9 Å². The molecule has 1 unspecified atom stereocenters. The second-order valence-electron chi connectivity index (χ2n) is 5.71. The lowest BCUT2D eigenvalue weighted by molar-refractivity contribution is 0.141. The van der Waals surface area contributed by atoms with Gasteiger partial charge in [-0.25, -0.2) is 9.36 Å². The summed E-state index contributed by atoms with van der Waals surface area (Å²) < 4.78 is 12.2. The third-order valence-electron chi connectivity index (χ3n) is 4.09. The number of nitrogens with zero attached hydrogens (tertiary/aromatic N) is 1. The minimum atomic E-state index is -0.462. The predicted molar refractivity (Wildman–Crippen MR) is 90.0 cm³/mol. The molecule has 1 aromatic heterocycles. The fourth-order valence-corrected chi connectivity index (χ4v) is 2.87. The Morgan fingerprint density at radius 1 is 1.08 bits per heavy atom. The Morgan fingerprint density at radius 2 is 1.88 bits per heavy atom. The first-order chi connectivity index (χ1) is 11.7. The highest BCUT2D eigenvalue weighted by molar-refractivity contribution is 5.77. The summed E-state index contributed by atoms with van der Waals surface area (Å²) in [5, 5.41) is 0.473. The van der Waals surface area contributed by atoms with Gasteiger partial charge in [-0.3, -0.25) is 4.79 Å². The van der Waals surface area contributed by atoms with Crippen molar-refractivity contribution in [3.8, 4) is 11.4 Å². The zero-order valence-corrected chi connectivity index (χ0v) is 12.9. The molecule has 1 aliphatic rings. The van der Waals surface area contributed by atoms with Gasteiger partial charge >= 0.3 is 5.69 Å². The van der Waals surface area contributed by atoms with E-state index in [9.17, 15) is 9.59 Å². The van der Waals surface area contributed by atoms with E-state index < -0.39 is 5.69 Å². The number of aromatic amines is 1. The van der Waals surface area contributed by atoms with Gasteiger partial charge in [0, 0.05) is 6.42 Å². The largest absolute Gasteiger partial charge is 0.488 e. The topological polar surface area (TPSA) is 73.3 Å². The third kappa shape index (κ3) is 2.61. The van der Waals surface area contributed by atoms with Crippen molar-refractivity contribution in [3.63, 3.8) is 0 Å². The Balaban J connectivity index is 1.72. The summed E-state index contributed by atoms with van der Waals surface area (Å²) in [7, 11) is 0. The molecule has 6 heteroatoms. The molecular formula is C18H16N2O4. The fraction of sp³-hybridized carbons (Fsp3) is 0.222. The lowest BCUT2D eigenvalue weighted by Crippen LogP contribution is -2.33. The van der Waals surface area contributed by atoms with Crippen LogP contribution in [0.5, 0.6) is 5.75 Å². The van der Waals surface area contributed by atoms with E-state index in [1.165, 1.54) is 0 Å². The summed E-state index contributed by atoms with van der Waals surface area (Å²) in [6, 6.07) is 13.9. The number of rotatable bonds is 3. The fourth-order valence-electron chi connectivity index (χ4n) is 2.87. The van der Waals surface area contributed by atoms with Crippen LogP contribution in [0.1, 0.15) is 6.42 Å². The molecule has 0 bridgehead atoms. The van der Waals surface area contributed by atoms with E-state index >= 15 is 0 Å². The molecule has 122 valence electrons. The number of hydrogen-bond acceptors (Lipinski definition) is 4. The molecule has 1 saturated heterocycles. The quantitative estimate of drug-likeness (QED) is 0.798. The third-order valence-corrected chi connectivity index (χ3v) is 4.09. The number of fused-ring (bicyclic) bond motifs is 1. The molecule has 0 aliphatic carbocycles. The van der Waals surface area contributed by atoms with Gasteiger partial charge in [-0.2, -0.15) is 0 Å².